The molecule has 0 fully saturated rings. The number of rotatable bonds is 2. The van der Waals surface area contributed by atoms with Crippen LogP contribution in [0.3, 0.4) is 0 Å². The Labute approximate surface area is 105 Å². The van der Waals surface area contributed by atoms with Gasteiger partial charge in [-0.25, -0.2) is 0 Å². The first kappa shape index (κ1) is 11.4. The molecule has 0 bridgehead atoms. The van der Waals surface area contributed by atoms with E-state index >= 15 is 0 Å². The van der Waals surface area contributed by atoms with Crippen molar-refractivity contribution in [3.8, 4) is 11.1 Å². The summed E-state index contributed by atoms with van der Waals surface area (Å²) in [5.74, 6) is 0.406. The van der Waals surface area contributed by atoms with Gasteiger partial charge in [0.1, 0.15) is 0 Å². The molecule has 0 aliphatic heterocycles. The van der Waals surface area contributed by atoms with Gasteiger partial charge >= 0.3 is 0 Å². The van der Waals surface area contributed by atoms with E-state index in [1.54, 1.807) is 0 Å². The second-order valence-corrected chi connectivity index (χ2v) is 4.29. The topological polar surface area (TPSA) is 12.9 Å². The number of hydrogen-bond acceptors (Lipinski definition) is 1. The third kappa shape index (κ3) is 2.37. The summed E-state index contributed by atoms with van der Waals surface area (Å²) >= 11 is 11.9. The number of halogens is 2. The summed E-state index contributed by atoms with van der Waals surface area (Å²) in [6.45, 7) is 1.96. The molecule has 0 saturated carbocycles. The van der Waals surface area contributed by atoms with E-state index in [0.29, 0.717) is 5.88 Å². The summed E-state index contributed by atoms with van der Waals surface area (Å²) in [6, 6.07) is 11.7. The van der Waals surface area contributed by atoms with Crippen LogP contribution >= 0.6 is 23.2 Å². The third-order valence-electron chi connectivity index (χ3n) is 2.38. The predicted molar refractivity (Wildman–Crippen MR) is 69.0 cm³/mol. The van der Waals surface area contributed by atoms with Crippen LogP contribution in [0.25, 0.3) is 11.1 Å². The van der Waals surface area contributed by atoms with Gasteiger partial charge in [0.05, 0.1) is 11.6 Å². The zero-order valence-corrected chi connectivity index (χ0v) is 10.4. The molecule has 2 rings (SSSR count). The molecule has 0 spiro atoms. The average molecular weight is 252 g/mol. The first-order chi connectivity index (χ1) is 7.70. The van der Waals surface area contributed by atoms with Gasteiger partial charge in [0.15, 0.2) is 0 Å². The number of aryl methyl sites for hydroxylation is 1. The highest BCUT2D eigenvalue weighted by Crippen LogP contribution is 2.26. The lowest BCUT2D eigenvalue weighted by atomic mass is 10.0. The summed E-state index contributed by atoms with van der Waals surface area (Å²) in [5.41, 5.74) is 3.96. The summed E-state index contributed by atoms with van der Waals surface area (Å²) in [6.07, 6.45) is 0. The molecule has 1 nitrogen and oxygen atoms in total. The standard InChI is InChI=1S/C13H11Cl2N/c1-9-5-6-12(13(8-14)16-9)10-3-2-4-11(15)7-10/h2-7H,8H2,1H3. The fourth-order valence-corrected chi connectivity index (χ4v) is 2.03. The Morgan fingerprint density at radius 1 is 1.19 bits per heavy atom. The van der Waals surface area contributed by atoms with E-state index in [1.807, 2.05) is 43.3 Å². The number of nitrogens with zero attached hydrogens (tertiary/aromatic N) is 1. The molecular formula is C13H11Cl2N. The fraction of sp³-hybridized carbons (Fsp3) is 0.154. The van der Waals surface area contributed by atoms with Gasteiger partial charge in [0.25, 0.3) is 0 Å². The number of aromatic nitrogens is 1. The van der Waals surface area contributed by atoms with Crippen molar-refractivity contribution < 1.29 is 0 Å². The minimum atomic E-state index is 0.406. The molecule has 0 atom stereocenters. The van der Waals surface area contributed by atoms with Gasteiger partial charge in [0.2, 0.25) is 0 Å². The molecule has 82 valence electrons. The molecule has 0 saturated heterocycles. The van der Waals surface area contributed by atoms with Crippen molar-refractivity contribution in [1.82, 2.24) is 4.98 Å². The Morgan fingerprint density at radius 2 is 2.00 bits per heavy atom. The molecule has 1 aromatic heterocycles. The van der Waals surface area contributed by atoms with Crippen molar-refractivity contribution in [3.05, 3.63) is 52.8 Å². The smallest absolute Gasteiger partial charge is 0.0653 e. The maximum Gasteiger partial charge on any atom is 0.0653 e. The van der Waals surface area contributed by atoms with Crippen LogP contribution in [0.4, 0.5) is 0 Å². The van der Waals surface area contributed by atoms with Crippen molar-refractivity contribution >= 4 is 23.2 Å². The predicted octanol–water partition coefficient (Wildman–Crippen LogP) is 4.45. The van der Waals surface area contributed by atoms with Crippen LogP contribution in [-0.4, -0.2) is 4.98 Å². The van der Waals surface area contributed by atoms with Crippen molar-refractivity contribution in [2.45, 2.75) is 12.8 Å². The van der Waals surface area contributed by atoms with E-state index in [2.05, 4.69) is 4.98 Å². The average Bonchev–Trinajstić information content (AvgIpc) is 2.28. The number of alkyl halides is 1. The normalized spacial score (nSPS) is 10.4. The van der Waals surface area contributed by atoms with Crippen LogP contribution in [0, 0.1) is 6.92 Å². The van der Waals surface area contributed by atoms with Gasteiger partial charge in [-0.3, -0.25) is 4.98 Å². The largest absolute Gasteiger partial charge is 0.256 e. The van der Waals surface area contributed by atoms with Crippen LogP contribution in [-0.2, 0) is 5.88 Å². The molecule has 3 heteroatoms. The molecule has 0 radical (unpaired) electrons. The molecule has 1 aromatic carbocycles. The number of pyridine rings is 1. The van der Waals surface area contributed by atoms with Crippen LogP contribution < -0.4 is 0 Å². The summed E-state index contributed by atoms with van der Waals surface area (Å²) in [4.78, 5) is 4.42. The molecule has 1 heterocycles. The number of hydrogen-bond donors (Lipinski definition) is 0. The molecule has 2 aromatic rings. The number of benzene rings is 1. The van der Waals surface area contributed by atoms with Crippen molar-refractivity contribution in [2.24, 2.45) is 0 Å². The van der Waals surface area contributed by atoms with Crippen molar-refractivity contribution in [2.75, 3.05) is 0 Å². The van der Waals surface area contributed by atoms with Crippen LogP contribution in [0.15, 0.2) is 36.4 Å². The molecule has 16 heavy (non-hydrogen) atoms. The second-order valence-electron chi connectivity index (χ2n) is 3.59. The highest BCUT2D eigenvalue weighted by Gasteiger charge is 2.06. The van der Waals surface area contributed by atoms with E-state index < -0.39 is 0 Å². The van der Waals surface area contributed by atoms with Crippen molar-refractivity contribution in [1.29, 1.82) is 0 Å². The zero-order chi connectivity index (χ0) is 11.5. The van der Waals surface area contributed by atoms with Gasteiger partial charge in [0, 0.05) is 16.3 Å². The molecule has 0 aliphatic carbocycles. The molecule has 0 N–H and O–H groups in total. The molecule has 0 aliphatic rings. The van der Waals surface area contributed by atoms with Gasteiger partial charge in [-0.05, 0) is 30.7 Å². The quantitative estimate of drug-likeness (QED) is 0.719. The summed E-state index contributed by atoms with van der Waals surface area (Å²) < 4.78 is 0. The molecule has 0 amide bonds. The Hall–Kier alpha value is -1.05. The van der Waals surface area contributed by atoms with Crippen LogP contribution in [0.1, 0.15) is 11.4 Å². The minimum absolute atomic E-state index is 0.406. The minimum Gasteiger partial charge on any atom is -0.256 e. The lowest BCUT2D eigenvalue weighted by molar-refractivity contribution is 1.11. The maximum atomic E-state index is 5.97. The van der Waals surface area contributed by atoms with Crippen LogP contribution in [0.2, 0.25) is 5.02 Å². The first-order valence-corrected chi connectivity index (χ1v) is 5.90. The van der Waals surface area contributed by atoms with Gasteiger partial charge < -0.3 is 0 Å². The van der Waals surface area contributed by atoms with Gasteiger partial charge in [-0.2, -0.15) is 0 Å². The summed E-state index contributed by atoms with van der Waals surface area (Å²) in [7, 11) is 0. The van der Waals surface area contributed by atoms with Gasteiger partial charge in [-0.1, -0.05) is 29.8 Å². The maximum absolute atomic E-state index is 5.97. The Bertz CT molecular complexity index is 509. The fourth-order valence-electron chi connectivity index (χ4n) is 1.63. The van der Waals surface area contributed by atoms with E-state index in [4.69, 9.17) is 23.2 Å². The second kappa shape index (κ2) is 4.86. The lowest BCUT2D eigenvalue weighted by Gasteiger charge is -2.07. The SMILES string of the molecule is Cc1ccc(-c2cccc(Cl)c2)c(CCl)n1. The van der Waals surface area contributed by atoms with Gasteiger partial charge in [-0.15, -0.1) is 11.6 Å². The Morgan fingerprint density at radius 3 is 2.69 bits per heavy atom. The zero-order valence-electron chi connectivity index (χ0n) is 8.87. The van der Waals surface area contributed by atoms with E-state index in [1.165, 1.54) is 0 Å². The third-order valence-corrected chi connectivity index (χ3v) is 2.86. The monoisotopic (exact) mass is 251 g/mol. The first-order valence-electron chi connectivity index (χ1n) is 4.99. The van der Waals surface area contributed by atoms with E-state index in [9.17, 15) is 0 Å². The van der Waals surface area contributed by atoms with Crippen LogP contribution in [0.5, 0.6) is 0 Å². The van der Waals surface area contributed by atoms with E-state index in [-0.39, 0.29) is 0 Å². The van der Waals surface area contributed by atoms with Crippen molar-refractivity contribution in [3.63, 3.8) is 0 Å². The lowest BCUT2D eigenvalue weighted by Crippen LogP contribution is -1.93. The highest BCUT2D eigenvalue weighted by molar-refractivity contribution is 6.30. The molecule has 0 unspecified atom stereocenters. The Kier molecular flexibility index (Phi) is 3.47. The van der Waals surface area contributed by atoms with E-state index in [0.717, 1.165) is 27.5 Å². The summed E-state index contributed by atoms with van der Waals surface area (Å²) in [5, 5.41) is 0.721. The molecular weight excluding hydrogens is 241 g/mol. The highest BCUT2D eigenvalue weighted by atomic mass is 35.5. The Balaban J connectivity index is 2.55.